The molecule has 0 aliphatic rings. The Morgan fingerprint density at radius 3 is 2.56 bits per heavy atom. The maximum absolute atomic E-state index is 9.23. The average Bonchev–Trinajstić information content (AvgIpc) is 2.73. The summed E-state index contributed by atoms with van der Waals surface area (Å²) in [6, 6.07) is 6.21. The number of thiophene rings is 1. The first-order chi connectivity index (χ1) is 7.58. The molecule has 0 spiro atoms. The van der Waals surface area contributed by atoms with Crippen molar-refractivity contribution in [3.63, 3.8) is 0 Å². The van der Waals surface area contributed by atoms with Gasteiger partial charge in [-0.2, -0.15) is 5.26 Å². The smallest absolute Gasteiger partial charge is 0.110 e. The quantitative estimate of drug-likeness (QED) is 0.827. The average molecular weight is 238 g/mol. The molecule has 2 N–H and O–H groups in total. The Labute approximate surface area is 101 Å². The van der Waals surface area contributed by atoms with E-state index in [1.807, 2.05) is 12.1 Å². The minimum absolute atomic E-state index is 0.0997. The van der Waals surface area contributed by atoms with Crippen molar-refractivity contribution in [1.29, 1.82) is 5.26 Å². The van der Waals surface area contributed by atoms with Crippen LogP contribution in [0.4, 0.5) is 0 Å². The second kappa shape index (κ2) is 6.00. The Hall–Kier alpha value is -0.890. The number of aliphatic hydroxyl groups excluding tert-OH is 1. The van der Waals surface area contributed by atoms with Crippen molar-refractivity contribution >= 4 is 11.3 Å². The van der Waals surface area contributed by atoms with Crippen molar-refractivity contribution in [2.24, 2.45) is 5.92 Å². The SMILES string of the molecule is CC(N[C@H](CO)C(C)C)c1ccc(C#N)s1. The van der Waals surface area contributed by atoms with Gasteiger partial charge in [-0.05, 0) is 25.0 Å². The molecule has 0 saturated heterocycles. The molecule has 4 heteroatoms. The Morgan fingerprint density at radius 1 is 1.44 bits per heavy atom. The van der Waals surface area contributed by atoms with Gasteiger partial charge in [-0.25, -0.2) is 0 Å². The van der Waals surface area contributed by atoms with Crippen LogP contribution in [-0.4, -0.2) is 17.8 Å². The Kier molecular flexibility index (Phi) is 4.94. The van der Waals surface area contributed by atoms with Gasteiger partial charge in [0.25, 0.3) is 0 Å². The molecule has 0 aromatic carbocycles. The van der Waals surface area contributed by atoms with Crippen molar-refractivity contribution in [3.05, 3.63) is 21.9 Å². The topological polar surface area (TPSA) is 56.0 Å². The number of nitrogens with one attached hydrogen (secondary N) is 1. The summed E-state index contributed by atoms with van der Waals surface area (Å²) in [5, 5.41) is 21.4. The molecule has 0 saturated carbocycles. The highest BCUT2D eigenvalue weighted by Crippen LogP contribution is 2.23. The molecule has 0 aliphatic heterocycles. The molecule has 0 bridgehead atoms. The zero-order valence-corrected chi connectivity index (χ0v) is 10.7. The maximum Gasteiger partial charge on any atom is 0.110 e. The molecule has 88 valence electrons. The van der Waals surface area contributed by atoms with E-state index in [1.54, 1.807) is 0 Å². The van der Waals surface area contributed by atoms with Crippen LogP contribution in [-0.2, 0) is 0 Å². The lowest BCUT2D eigenvalue weighted by atomic mass is 10.0. The molecule has 0 amide bonds. The minimum atomic E-state index is 0.0997. The molecule has 0 radical (unpaired) electrons. The highest BCUT2D eigenvalue weighted by molar-refractivity contribution is 7.12. The van der Waals surface area contributed by atoms with Crippen LogP contribution < -0.4 is 5.32 Å². The van der Waals surface area contributed by atoms with Gasteiger partial charge in [0.1, 0.15) is 10.9 Å². The normalized spacial score (nSPS) is 14.8. The first-order valence-corrected chi connectivity index (χ1v) is 6.26. The molecule has 16 heavy (non-hydrogen) atoms. The zero-order valence-electron chi connectivity index (χ0n) is 9.90. The molecule has 0 fully saturated rings. The monoisotopic (exact) mass is 238 g/mol. The van der Waals surface area contributed by atoms with Gasteiger partial charge in [-0.3, -0.25) is 0 Å². The van der Waals surface area contributed by atoms with Crippen molar-refractivity contribution in [2.75, 3.05) is 6.61 Å². The third kappa shape index (κ3) is 3.31. The van der Waals surface area contributed by atoms with Crippen LogP contribution in [0.25, 0.3) is 0 Å². The molecule has 1 unspecified atom stereocenters. The van der Waals surface area contributed by atoms with E-state index in [2.05, 4.69) is 32.2 Å². The molecule has 1 aromatic heterocycles. The van der Waals surface area contributed by atoms with E-state index in [9.17, 15) is 5.11 Å². The summed E-state index contributed by atoms with van der Waals surface area (Å²) >= 11 is 1.50. The molecular weight excluding hydrogens is 220 g/mol. The Bertz CT molecular complexity index is 367. The van der Waals surface area contributed by atoms with Gasteiger partial charge >= 0.3 is 0 Å². The predicted octanol–water partition coefficient (Wildman–Crippen LogP) is 2.29. The molecule has 2 atom stereocenters. The molecule has 1 aromatic rings. The molecule has 1 heterocycles. The van der Waals surface area contributed by atoms with Crippen LogP contribution in [0.2, 0.25) is 0 Å². The lowest BCUT2D eigenvalue weighted by Gasteiger charge is -2.24. The first-order valence-electron chi connectivity index (χ1n) is 5.45. The van der Waals surface area contributed by atoms with Gasteiger partial charge in [-0.15, -0.1) is 11.3 Å². The van der Waals surface area contributed by atoms with E-state index < -0.39 is 0 Å². The first kappa shape index (κ1) is 13.2. The summed E-state index contributed by atoms with van der Waals surface area (Å²) in [6.07, 6.45) is 0. The molecule has 1 rings (SSSR count). The van der Waals surface area contributed by atoms with E-state index in [1.165, 1.54) is 11.3 Å². The molecule has 3 nitrogen and oxygen atoms in total. The Morgan fingerprint density at radius 2 is 2.12 bits per heavy atom. The third-order valence-electron chi connectivity index (χ3n) is 2.63. The zero-order chi connectivity index (χ0) is 12.1. The van der Waals surface area contributed by atoms with E-state index in [0.29, 0.717) is 5.92 Å². The number of nitriles is 1. The Balaban J connectivity index is 2.64. The summed E-state index contributed by atoms with van der Waals surface area (Å²) in [6.45, 7) is 6.35. The fraction of sp³-hybridized carbons (Fsp3) is 0.583. The van der Waals surface area contributed by atoms with Crippen LogP contribution in [0.3, 0.4) is 0 Å². The second-order valence-electron chi connectivity index (χ2n) is 4.24. The van der Waals surface area contributed by atoms with Crippen LogP contribution in [0.5, 0.6) is 0 Å². The summed E-state index contributed by atoms with van der Waals surface area (Å²) in [7, 11) is 0. The van der Waals surface area contributed by atoms with Gasteiger partial charge in [0.15, 0.2) is 0 Å². The van der Waals surface area contributed by atoms with Gasteiger partial charge in [0.2, 0.25) is 0 Å². The fourth-order valence-corrected chi connectivity index (χ4v) is 2.32. The van der Waals surface area contributed by atoms with Crippen LogP contribution in [0.15, 0.2) is 12.1 Å². The van der Waals surface area contributed by atoms with Crippen LogP contribution in [0, 0.1) is 17.2 Å². The number of aliphatic hydroxyl groups is 1. The molecule has 0 aliphatic carbocycles. The van der Waals surface area contributed by atoms with Gasteiger partial charge in [0.05, 0.1) is 6.61 Å². The van der Waals surface area contributed by atoms with Crippen LogP contribution in [0.1, 0.15) is 36.6 Å². The van der Waals surface area contributed by atoms with Crippen molar-refractivity contribution in [3.8, 4) is 6.07 Å². The molecular formula is C12H18N2OS. The third-order valence-corrected chi connectivity index (χ3v) is 3.80. The summed E-state index contributed by atoms with van der Waals surface area (Å²) in [4.78, 5) is 1.87. The minimum Gasteiger partial charge on any atom is -0.395 e. The lowest BCUT2D eigenvalue weighted by molar-refractivity contribution is 0.202. The standard InChI is InChI=1S/C12H18N2OS/c1-8(2)11(7-15)14-9(3)12-5-4-10(6-13)16-12/h4-5,8-9,11,14-15H,7H2,1-3H3/t9?,11-/m1/s1. The van der Waals surface area contributed by atoms with Crippen molar-refractivity contribution < 1.29 is 5.11 Å². The summed E-state index contributed by atoms with van der Waals surface area (Å²) in [5.74, 6) is 0.392. The van der Waals surface area contributed by atoms with E-state index in [-0.39, 0.29) is 18.7 Å². The predicted molar refractivity (Wildman–Crippen MR) is 66.3 cm³/mol. The number of hydrogen-bond donors (Lipinski definition) is 2. The summed E-state index contributed by atoms with van der Waals surface area (Å²) in [5.41, 5.74) is 0. The van der Waals surface area contributed by atoms with E-state index >= 15 is 0 Å². The highest BCUT2D eigenvalue weighted by Gasteiger charge is 2.16. The lowest BCUT2D eigenvalue weighted by Crippen LogP contribution is -2.38. The largest absolute Gasteiger partial charge is 0.395 e. The number of hydrogen-bond acceptors (Lipinski definition) is 4. The van der Waals surface area contributed by atoms with Gasteiger partial charge in [-0.1, -0.05) is 13.8 Å². The van der Waals surface area contributed by atoms with E-state index in [0.717, 1.165) is 9.75 Å². The number of rotatable bonds is 5. The van der Waals surface area contributed by atoms with Gasteiger partial charge in [0, 0.05) is 17.0 Å². The van der Waals surface area contributed by atoms with Crippen molar-refractivity contribution in [1.82, 2.24) is 5.32 Å². The number of nitrogens with zero attached hydrogens (tertiary/aromatic N) is 1. The highest BCUT2D eigenvalue weighted by atomic mass is 32.1. The maximum atomic E-state index is 9.23. The van der Waals surface area contributed by atoms with Crippen LogP contribution >= 0.6 is 11.3 Å². The summed E-state index contributed by atoms with van der Waals surface area (Å²) < 4.78 is 0. The fourth-order valence-electron chi connectivity index (χ4n) is 1.50. The van der Waals surface area contributed by atoms with Gasteiger partial charge < -0.3 is 10.4 Å². The van der Waals surface area contributed by atoms with E-state index in [4.69, 9.17) is 5.26 Å². The second-order valence-corrected chi connectivity index (χ2v) is 5.35. The van der Waals surface area contributed by atoms with Crippen molar-refractivity contribution in [2.45, 2.75) is 32.9 Å².